The van der Waals surface area contributed by atoms with E-state index in [1.54, 1.807) is 12.1 Å². The second-order valence-corrected chi connectivity index (χ2v) is 4.15. The Bertz CT molecular complexity index is 505. The molecule has 0 radical (unpaired) electrons. The Balaban J connectivity index is 2.58. The minimum absolute atomic E-state index is 0.291. The summed E-state index contributed by atoms with van der Waals surface area (Å²) in [6.45, 7) is 0. The monoisotopic (exact) mass is 286 g/mol. The number of benzene rings is 1. The zero-order chi connectivity index (χ0) is 10.8. The minimum Gasteiger partial charge on any atom is -0.236 e. The fraction of sp³-hybridized carbons (Fsp3) is 0. The molecular weight excluding hydrogens is 282 g/mol. The van der Waals surface area contributed by atoms with Gasteiger partial charge in [0.25, 0.3) is 0 Å². The Kier molecular flexibility index (Phi) is 2.98. The second-order valence-electron chi connectivity index (χ2n) is 2.85. The van der Waals surface area contributed by atoms with E-state index < -0.39 is 0 Å². The van der Waals surface area contributed by atoms with Gasteiger partial charge in [-0.05, 0) is 18.2 Å². The lowest BCUT2D eigenvalue weighted by Gasteiger charge is -2.02. The maximum Gasteiger partial charge on any atom is 0.133 e. The van der Waals surface area contributed by atoms with Crippen LogP contribution in [0.2, 0.25) is 5.15 Å². The third-order valence-electron chi connectivity index (χ3n) is 1.84. The molecule has 0 aliphatic heterocycles. The fourth-order valence-electron chi connectivity index (χ4n) is 1.17. The van der Waals surface area contributed by atoms with Crippen molar-refractivity contribution in [2.24, 2.45) is 0 Å². The van der Waals surface area contributed by atoms with Crippen molar-refractivity contribution >= 4 is 27.5 Å². The standard InChI is InChI=1S/C10H5BrClFN2/c11-6-1-2-8(13)7(3-6)9-4-10(12)15-5-14-9/h1-5H. The molecule has 1 aromatic carbocycles. The van der Waals surface area contributed by atoms with E-state index in [0.717, 1.165) is 4.47 Å². The molecule has 1 aromatic heterocycles. The van der Waals surface area contributed by atoms with Gasteiger partial charge in [-0.15, -0.1) is 0 Å². The zero-order valence-electron chi connectivity index (χ0n) is 7.42. The van der Waals surface area contributed by atoms with Gasteiger partial charge in [-0.2, -0.15) is 0 Å². The SMILES string of the molecule is Fc1ccc(Br)cc1-c1cc(Cl)ncn1. The van der Waals surface area contributed by atoms with Gasteiger partial charge in [-0.1, -0.05) is 27.5 Å². The minimum atomic E-state index is -0.340. The van der Waals surface area contributed by atoms with Crippen molar-refractivity contribution in [3.05, 3.63) is 46.0 Å². The number of rotatable bonds is 1. The average Bonchev–Trinajstić information content (AvgIpc) is 2.22. The van der Waals surface area contributed by atoms with E-state index in [-0.39, 0.29) is 5.82 Å². The van der Waals surface area contributed by atoms with E-state index in [1.807, 2.05) is 0 Å². The summed E-state index contributed by atoms with van der Waals surface area (Å²) in [5, 5.41) is 0.291. The molecule has 0 fully saturated rings. The molecule has 2 rings (SSSR count). The molecule has 2 aromatic rings. The fourth-order valence-corrected chi connectivity index (χ4v) is 1.68. The van der Waals surface area contributed by atoms with E-state index in [9.17, 15) is 4.39 Å². The van der Waals surface area contributed by atoms with Crippen molar-refractivity contribution in [1.29, 1.82) is 0 Å². The predicted octanol–water partition coefficient (Wildman–Crippen LogP) is 3.70. The first-order chi connectivity index (χ1) is 7.16. The summed E-state index contributed by atoms with van der Waals surface area (Å²) in [5.74, 6) is -0.340. The van der Waals surface area contributed by atoms with Crippen LogP contribution in [0.3, 0.4) is 0 Å². The molecule has 15 heavy (non-hydrogen) atoms. The Hall–Kier alpha value is -1.00. The Morgan fingerprint density at radius 2 is 2.00 bits per heavy atom. The highest BCUT2D eigenvalue weighted by Crippen LogP contribution is 2.25. The van der Waals surface area contributed by atoms with Crippen LogP contribution in [0.4, 0.5) is 4.39 Å². The third-order valence-corrected chi connectivity index (χ3v) is 2.54. The third kappa shape index (κ3) is 2.33. The Morgan fingerprint density at radius 1 is 1.20 bits per heavy atom. The molecule has 0 aliphatic carbocycles. The van der Waals surface area contributed by atoms with E-state index >= 15 is 0 Å². The van der Waals surface area contributed by atoms with Crippen LogP contribution in [-0.2, 0) is 0 Å². The molecule has 76 valence electrons. The van der Waals surface area contributed by atoms with Crippen molar-refractivity contribution in [2.75, 3.05) is 0 Å². The van der Waals surface area contributed by atoms with E-state index in [1.165, 1.54) is 18.5 Å². The van der Waals surface area contributed by atoms with Gasteiger partial charge in [0, 0.05) is 16.1 Å². The lowest BCUT2D eigenvalue weighted by molar-refractivity contribution is 0.630. The number of hydrogen-bond acceptors (Lipinski definition) is 2. The maximum absolute atomic E-state index is 13.5. The first-order valence-electron chi connectivity index (χ1n) is 4.10. The number of aromatic nitrogens is 2. The lowest BCUT2D eigenvalue weighted by atomic mass is 10.1. The van der Waals surface area contributed by atoms with E-state index in [4.69, 9.17) is 11.6 Å². The van der Waals surface area contributed by atoms with Gasteiger partial charge in [0.05, 0.1) is 5.69 Å². The van der Waals surface area contributed by atoms with E-state index in [2.05, 4.69) is 25.9 Å². The van der Waals surface area contributed by atoms with Crippen LogP contribution in [-0.4, -0.2) is 9.97 Å². The predicted molar refractivity (Wildman–Crippen MR) is 60.1 cm³/mol. The van der Waals surface area contributed by atoms with Crippen molar-refractivity contribution in [2.45, 2.75) is 0 Å². The highest BCUT2D eigenvalue weighted by atomic mass is 79.9. The van der Waals surface area contributed by atoms with E-state index in [0.29, 0.717) is 16.4 Å². The number of halogens is 3. The van der Waals surface area contributed by atoms with Gasteiger partial charge in [-0.25, -0.2) is 14.4 Å². The average molecular weight is 288 g/mol. The molecule has 5 heteroatoms. The molecule has 0 N–H and O–H groups in total. The second kappa shape index (κ2) is 4.24. The van der Waals surface area contributed by atoms with Crippen molar-refractivity contribution < 1.29 is 4.39 Å². The largest absolute Gasteiger partial charge is 0.236 e. The van der Waals surface area contributed by atoms with Crippen LogP contribution in [0.15, 0.2) is 35.1 Å². The summed E-state index contributed by atoms with van der Waals surface area (Å²) in [5.41, 5.74) is 0.863. The van der Waals surface area contributed by atoms with Crippen LogP contribution in [0.1, 0.15) is 0 Å². The zero-order valence-corrected chi connectivity index (χ0v) is 9.76. The molecule has 0 amide bonds. The molecule has 0 aliphatic rings. The summed E-state index contributed by atoms with van der Waals surface area (Å²) in [7, 11) is 0. The van der Waals surface area contributed by atoms with Gasteiger partial charge in [0.2, 0.25) is 0 Å². The first kappa shape index (κ1) is 10.5. The maximum atomic E-state index is 13.5. The van der Waals surface area contributed by atoms with Crippen LogP contribution in [0, 0.1) is 5.82 Å². The van der Waals surface area contributed by atoms with Gasteiger partial charge < -0.3 is 0 Å². The van der Waals surface area contributed by atoms with Gasteiger partial charge in [-0.3, -0.25) is 0 Å². The van der Waals surface area contributed by atoms with Crippen LogP contribution >= 0.6 is 27.5 Å². The molecule has 0 unspecified atom stereocenters. The molecule has 0 saturated carbocycles. The van der Waals surface area contributed by atoms with Crippen LogP contribution in [0.25, 0.3) is 11.3 Å². The molecule has 0 atom stereocenters. The van der Waals surface area contributed by atoms with Gasteiger partial charge >= 0.3 is 0 Å². The topological polar surface area (TPSA) is 25.8 Å². The Labute approximate surface area is 99.3 Å². The van der Waals surface area contributed by atoms with Crippen molar-refractivity contribution in [1.82, 2.24) is 9.97 Å². The van der Waals surface area contributed by atoms with Gasteiger partial charge in [0.15, 0.2) is 0 Å². The highest BCUT2D eigenvalue weighted by molar-refractivity contribution is 9.10. The molecule has 1 heterocycles. The van der Waals surface area contributed by atoms with Crippen LogP contribution < -0.4 is 0 Å². The summed E-state index contributed by atoms with van der Waals surface area (Å²) in [6, 6.07) is 6.16. The van der Waals surface area contributed by atoms with Gasteiger partial charge in [0.1, 0.15) is 17.3 Å². The van der Waals surface area contributed by atoms with Crippen molar-refractivity contribution in [3.63, 3.8) is 0 Å². The molecule has 0 bridgehead atoms. The smallest absolute Gasteiger partial charge is 0.133 e. The molecule has 0 spiro atoms. The summed E-state index contributed by atoms with van der Waals surface area (Å²) in [4.78, 5) is 7.69. The summed E-state index contributed by atoms with van der Waals surface area (Å²) >= 11 is 8.97. The molecule has 0 saturated heterocycles. The van der Waals surface area contributed by atoms with Crippen molar-refractivity contribution in [3.8, 4) is 11.3 Å². The van der Waals surface area contributed by atoms with Crippen LogP contribution in [0.5, 0.6) is 0 Å². The summed E-state index contributed by atoms with van der Waals surface area (Å²) in [6.07, 6.45) is 1.30. The Morgan fingerprint density at radius 3 is 2.73 bits per heavy atom. The summed E-state index contributed by atoms with van der Waals surface area (Å²) < 4.78 is 14.2. The number of nitrogens with zero attached hydrogens (tertiary/aromatic N) is 2. The molecule has 2 nitrogen and oxygen atoms in total. The quantitative estimate of drug-likeness (QED) is 0.747. The first-order valence-corrected chi connectivity index (χ1v) is 5.27. The normalized spacial score (nSPS) is 10.3. The molecular formula is C10H5BrClFN2. The lowest BCUT2D eigenvalue weighted by Crippen LogP contribution is -1.89. The highest BCUT2D eigenvalue weighted by Gasteiger charge is 2.07. The number of hydrogen-bond donors (Lipinski definition) is 0.